The molecule has 0 saturated carbocycles. The molecule has 2 N–H and O–H groups in total. The maximum atomic E-state index is 13.4. The summed E-state index contributed by atoms with van der Waals surface area (Å²) in [6.07, 6.45) is 7.85. The summed E-state index contributed by atoms with van der Waals surface area (Å²) in [7, 11) is 2.15. The van der Waals surface area contributed by atoms with Crippen LogP contribution < -0.4 is 15.0 Å². The molecule has 0 unspecified atom stereocenters. The van der Waals surface area contributed by atoms with E-state index in [1.807, 2.05) is 4.90 Å². The Hall–Kier alpha value is -3.21. The van der Waals surface area contributed by atoms with Crippen LogP contribution in [0.4, 0.5) is 11.4 Å². The number of carbonyl (C=O) groups excluding carboxylic acids is 1. The number of ether oxygens (including phenoxy) is 1. The third-order valence-corrected chi connectivity index (χ3v) is 7.60. The van der Waals surface area contributed by atoms with E-state index in [4.69, 9.17) is 4.74 Å². The van der Waals surface area contributed by atoms with Gasteiger partial charge in [-0.25, -0.2) is 9.50 Å². The van der Waals surface area contributed by atoms with E-state index in [9.17, 15) is 9.90 Å². The van der Waals surface area contributed by atoms with Crippen LogP contribution in [0, 0.1) is 0 Å². The molecule has 0 bridgehead atoms. The van der Waals surface area contributed by atoms with Gasteiger partial charge < -0.3 is 25.0 Å². The number of likely N-dealkylation sites (tertiary alicyclic amines) is 1. The molecule has 3 aromatic rings. The van der Waals surface area contributed by atoms with E-state index in [2.05, 4.69) is 44.4 Å². The minimum atomic E-state index is -0.234. The van der Waals surface area contributed by atoms with E-state index in [-0.39, 0.29) is 18.2 Å². The van der Waals surface area contributed by atoms with Crippen LogP contribution in [-0.4, -0.2) is 94.1 Å². The summed E-state index contributed by atoms with van der Waals surface area (Å²) in [5, 5.41) is 16.9. The Balaban J connectivity index is 1.32. The van der Waals surface area contributed by atoms with Crippen molar-refractivity contribution in [3.8, 4) is 5.75 Å². The van der Waals surface area contributed by atoms with E-state index in [0.29, 0.717) is 11.2 Å². The quantitative estimate of drug-likeness (QED) is 0.583. The first kappa shape index (κ1) is 22.3. The van der Waals surface area contributed by atoms with Gasteiger partial charge in [-0.3, -0.25) is 9.69 Å². The Morgan fingerprint density at radius 2 is 1.97 bits per heavy atom. The summed E-state index contributed by atoms with van der Waals surface area (Å²) >= 11 is 0. The van der Waals surface area contributed by atoms with Crippen LogP contribution in [-0.2, 0) is 6.42 Å². The highest BCUT2D eigenvalue weighted by atomic mass is 16.5. The first-order valence-corrected chi connectivity index (χ1v) is 12.3. The van der Waals surface area contributed by atoms with E-state index >= 15 is 0 Å². The topological polar surface area (TPSA) is 98.5 Å². The molecule has 2 saturated heterocycles. The van der Waals surface area contributed by atoms with Gasteiger partial charge >= 0.3 is 0 Å². The van der Waals surface area contributed by atoms with Crippen LogP contribution in [0.15, 0.2) is 36.8 Å². The van der Waals surface area contributed by atoms with E-state index in [0.717, 1.165) is 81.2 Å². The molecule has 1 amide bonds. The number of amides is 1. The molecule has 2 fully saturated rings. The lowest BCUT2D eigenvalue weighted by Crippen LogP contribution is -2.46. The Morgan fingerprint density at radius 3 is 2.74 bits per heavy atom. The van der Waals surface area contributed by atoms with Gasteiger partial charge in [0, 0.05) is 82.6 Å². The number of fused-ring (bicyclic) bond motifs is 2. The number of aliphatic hydroxyl groups excluding tert-OH is 1. The average molecular weight is 478 g/mol. The lowest BCUT2D eigenvalue weighted by atomic mass is 9.87. The predicted molar refractivity (Wildman–Crippen MR) is 132 cm³/mol. The average Bonchev–Trinajstić information content (AvgIpc) is 3.47. The SMILES string of the molecule is CN1CCC2(CC1)Cc1cc(NC(=O)c3cnn4cccnc34)c(N3CCN(CO)CC3)cc1O2. The van der Waals surface area contributed by atoms with Gasteiger partial charge in [0.25, 0.3) is 5.91 Å². The lowest BCUT2D eigenvalue weighted by molar-refractivity contribution is 0.0271. The molecule has 6 rings (SSSR count). The number of piperidine rings is 1. The van der Waals surface area contributed by atoms with Gasteiger partial charge in [0.2, 0.25) is 0 Å². The molecule has 2 aromatic heterocycles. The molecule has 0 aliphatic carbocycles. The highest BCUT2D eigenvalue weighted by Crippen LogP contribution is 2.45. The maximum absolute atomic E-state index is 13.4. The Kier molecular flexibility index (Phi) is 5.58. The molecule has 1 aromatic carbocycles. The first-order chi connectivity index (χ1) is 17.0. The number of hydrogen-bond acceptors (Lipinski definition) is 8. The molecule has 5 heterocycles. The molecule has 35 heavy (non-hydrogen) atoms. The van der Waals surface area contributed by atoms with Gasteiger partial charge in [0.1, 0.15) is 16.9 Å². The van der Waals surface area contributed by atoms with Crippen LogP contribution in [0.5, 0.6) is 5.75 Å². The summed E-state index contributed by atoms with van der Waals surface area (Å²) in [6, 6.07) is 5.97. The summed E-state index contributed by atoms with van der Waals surface area (Å²) in [5.74, 6) is 0.687. The Bertz CT molecular complexity index is 1240. The van der Waals surface area contributed by atoms with Crippen molar-refractivity contribution in [3.05, 3.63) is 47.9 Å². The standard InChI is InChI=1S/C25H31N7O3/c1-29-7-3-25(4-8-29)15-18-13-20(28-24(34)19-16-27-32-6-2-5-26-23(19)32)21(14-22(18)35-25)31-11-9-30(17-33)10-12-31/h2,5-6,13-14,16,33H,3-4,7-12,15,17H2,1H3,(H,28,34). The third kappa shape index (κ3) is 4.11. The molecule has 3 aliphatic rings. The molecule has 1 spiro atoms. The molecule has 0 radical (unpaired) electrons. The Morgan fingerprint density at radius 1 is 1.17 bits per heavy atom. The van der Waals surface area contributed by atoms with Crippen molar-refractivity contribution < 1.29 is 14.6 Å². The van der Waals surface area contributed by atoms with Gasteiger partial charge in [-0.1, -0.05) is 0 Å². The Labute approximate surface area is 204 Å². The third-order valence-electron chi connectivity index (χ3n) is 7.60. The largest absolute Gasteiger partial charge is 0.486 e. The fourth-order valence-corrected chi connectivity index (χ4v) is 5.44. The molecule has 10 nitrogen and oxygen atoms in total. The number of carbonyl (C=O) groups is 1. The van der Waals surface area contributed by atoms with Crippen molar-refractivity contribution in [2.45, 2.75) is 24.9 Å². The van der Waals surface area contributed by atoms with Crippen molar-refractivity contribution in [2.24, 2.45) is 0 Å². The molecule has 184 valence electrons. The minimum absolute atomic E-state index is 0.0590. The van der Waals surface area contributed by atoms with E-state index < -0.39 is 0 Å². The summed E-state index contributed by atoms with van der Waals surface area (Å²) in [4.78, 5) is 24.3. The molecule has 10 heteroatoms. The number of aliphatic hydroxyl groups is 1. The van der Waals surface area contributed by atoms with E-state index in [1.54, 1.807) is 29.2 Å². The zero-order valence-electron chi connectivity index (χ0n) is 20.0. The number of nitrogens with zero attached hydrogens (tertiary/aromatic N) is 6. The van der Waals surface area contributed by atoms with Crippen molar-refractivity contribution in [1.82, 2.24) is 24.4 Å². The monoisotopic (exact) mass is 477 g/mol. The normalized spacial score (nSPS) is 20.2. The smallest absolute Gasteiger partial charge is 0.261 e. The number of hydrogen-bond donors (Lipinski definition) is 2. The highest BCUT2D eigenvalue weighted by Gasteiger charge is 2.42. The van der Waals surface area contributed by atoms with Crippen LogP contribution in [0.1, 0.15) is 28.8 Å². The second kappa shape index (κ2) is 8.78. The van der Waals surface area contributed by atoms with E-state index in [1.165, 1.54) is 0 Å². The lowest BCUT2D eigenvalue weighted by Gasteiger charge is -2.37. The van der Waals surface area contributed by atoms with Crippen LogP contribution >= 0.6 is 0 Å². The zero-order valence-corrected chi connectivity index (χ0v) is 20.0. The number of aromatic nitrogens is 3. The van der Waals surface area contributed by atoms with Gasteiger partial charge in [-0.2, -0.15) is 5.10 Å². The van der Waals surface area contributed by atoms with Crippen LogP contribution in [0.2, 0.25) is 0 Å². The highest BCUT2D eigenvalue weighted by molar-refractivity contribution is 6.09. The summed E-state index contributed by atoms with van der Waals surface area (Å²) in [6.45, 7) is 5.15. The number of rotatable bonds is 4. The number of nitrogens with one attached hydrogen (secondary N) is 1. The second-order valence-electron chi connectivity index (χ2n) is 9.89. The zero-order chi connectivity index (χ0) is 24.0. The predicted octanol–water partition coefficient (Wildman–Crippen LogP) is 1.45. The minimum Gasteiger partial charge on any atom is -0.486 e. The maximum Gasteiger partial charge on any atom is 0.261 e. The van der Waals surface area contributed by atoms with Gasteiger partial charge in [-0.05, 0) is 19.2 Å². The number of benzene rings is 1. The summed E-state index contributed by atoms with van der Waals surface area (Å²) in [5.41, 5.74) is 3.67. The van der Waals surface area contributed by atoms with Gasteiger partial charge in [0.15, 0.2) is 5.65 Å². The fourth-order valence-electron chi connectivity index (χ4n) is 5.44. The number of anilines is 2. The second-order valence-corrected chi connectivity index (χ2v) is 9.89. The number of piperazine rings is 1. The van der Waals surface area contributed by atoms with Gasteiger partial charge in [-0.15, -0.1) is 0 Å². The van der Waals surface area contributed by atoms with Crippen molar-refractivity contribution in [2.75, 3.05) is 63.3 Å². The molecular formula is C25H31N7O3. The van der Waals surface area contributed by atoms with Crippen molar-refractivity contribution in [1.29, 1.82) is 0 Å². The van der Waals surface area contributed by atoms with Crippen molar-refractivity contribution >= 4 is 22.9 Å². The molecule has 3 aliphatic heterocycles. The molecule has 0 atom stereocenters. The van der Waals surface area contributed by atoms with Crippen LogP contribution in [0.25, 0.3) is 5.65 Å². The fraction of sp³-hybridized carbons (Fsp3) is 0.480. The molecular weight excluding hydrogens is 446 g/mol. The van der Waals surface area contributed by atoms with Crippen molar-refractivity contribution in [3.63, 3.8) is 0 Å². The van der Waals surface area contributed by atoms with Gasteiger partial charge in [0.05, 0.1) is 24.3 Å². The van der Waals surface area contributed by atoms with Crippen LogP contribution in [0.3, 0.4) is 0 Å². The first-order valence-electron chi connectivity index (χ1n) is 12.3. The summed E-state index contributed by atoms with van der Waals surface area (Å²) < 4.78 is 8.21.